The summed E-state index contributed by atoms with van der Waals surface area (Å²) in [5.74, 6) is 0. The normalized spacial score (nSPS) is 11.4. The summed E-state index contributed by atoms with van der Waals surface area (Å²) in [6.45, 7) is 13.1. The first-order valence-electron chi connectivity index (χ1n) is 14.3. The Kier molecular flexibility index (Phi) is 8.99. The molecule has 4 aromatic heterocycles. The van der Waals surface area contributed by atoms with E-state index in [1.165, 1.54) is 31.7 Å². The molecule has 0 aliphatic heterocycles. The number of furan rings is 1. The van der Waals surface area contributed by atoms with E-state index in [0.29, 0.717) is 0 Å². The van der Waals surface area contributed by atoms with Crippen molar-refractivity contribution in [2.45, 2.75) is 48.0 Å². The van der Waals surface area contributed by atoms with Crippen LogP contribution in [-0.4, -0.2) is 9.97 Å². The Hall–Kier alpha value is -3.63. The van der Waals surface area contributed by atoms with Crippen LogP contribution in [-0.2, 0) is 26.5 Å². The summed E-state index contributed by atoms with van der Waals surface area (Å²) in [4.78, 5) is 10.4. The third-order valence-electron chi connectivity index (χ3n) is 7.30. The van der Waals surface area contributed by atoms with Crippen molar-refractivity contribution in [1.82, 2.24) is 9.97 Å². The van der Waals surface area contributed by atoms with Gasteiger partial charge in [0.15, 0.2) is 0 Å². The van der Waals surface area contributed by atoms with Gasteiger partial charge < -0.3 is 14.4 Å². The molecule has 7 rings (SSSR count). The fourth-order valence-corrected chi connectivity index (χ4v) is 6.26. The van der Waals surface area contributed by atoms with Crippen LogP contribution in [0.1, 0.15) is 42.3 Å². The monoisotopic (exact) mass is 759 g/mol. The number of benzene rings is 3. The average molecular weight is 759 g/mol. The molecule has 0 amide bonds. The molecule has 0 fully saturated rings. The summed E-state index contributed by atoms with van der Waals surface area (Å²) < 4.78 is 7.69. The van der Waals surface area contributed by atoms with Gasteiger partial charge >= 0.3 is 0 Å². The molecule has 5 heteroatoms. The van der Waals surface area contributed by atoms with E-state index in [-0.39, 0.29) is 25.5 Å². The third-order valence-corrected chi connectivity index (χ3v) is 8.36. The van der Waals surface area contributed by atoms with Gasteiger partial charge in [-0.2, -0.15) is 0 Å². The Morgan fingerprint density at radius 3 is 2.30 bits per heavy atom. The molecular formula is C38H34IrN2OS-2. The maximum Gasteiger partial charge on any atom is 0.138 e. The first kappa shape index (κ1) is 30.8. The maximum absolute atomic E-state index is 6.47. The number of nitrogens with zero attached hydrogens (tertiary/aromatic N) is 2. The van der Waals surface area contributed by atoms with Crippen molar-refractivity contribution >= 4 is 43.4 Å². The molecule has 1 radical (unpaired) electrons. The van der Waals surface area contributed by atoms with Crippen LogP contribution in [0.25, 0.3) is 54.5 Å². The molecule has 219 valence electrons. The largest absolute Gasteiger partial charge is 0.499 e. The molecule has 0 N–H and O–H groups in total. The molecule has 0 aliphatic rings. The van der Waals surface area contributed by atoms with Crippen LogP contribution in [0.5, 0.6) is 0 Å². The van der Waals surface area contributed by atoms with E-state index in [0.717, 1.165) is 50.9 Å². The molecule has 0 bridgehead atoms. The molecule has 0 saturated heterocycles. The zero-order chi connectivity index (χ0) is 29.4. The van der Waals surface area contributed by atoms with Crippen LogP contribution in [0.4, 0.5) is 0 Å². The van der Waals surface area contributed by atoms with Gasteiger partial charge in [0.1, 0.15) is 5.58 Å². The van der Waals surface area contributed by atoms with Gasteiger partial charge in [-0.05, 0) is 66.6 Å². The fourth-order valence-electron chi connectivity index (χ4n) is 5.26. The summed E-state index contributed by atoms with van der Waals surface area (Å²) in [5, 5.41) is 3.53. The van der Waals surface area contributed by atoms with Gasteiger partial charge in [0.05, 0.1) is 10.3 Å². The van der Waals surface area contributed by atoms with E-state index in [9.17, 15) is 0 Å². The SMILES string of the molecule is Cc1cc2ccc3c4cc[c-]c(-c5cc(CC(C)(C)C)c(C)cn5)c4oc3c2s1.Cc1ccc(-c2[c-]cccc2)nc1.[Ir]. The molecule has 0 aliphatic carbocycles. The van der Waals surface area contributed by atoms with Gasteiger partial charge in [0.2, 0.25) is 0 Å². The predicted octanol–water partition coefficient (Wildman–Crippen LogP) is 10.7. The minimum atomic E-state index is 0. The van der Waals surface area contributed by atoms with Crippen LogP contribution in [0, 0.1) is 38.3 Å². The van der Waals surface area contributed by atoms with E-state index in [1.54, 1.807) is 11.3 Å². The summed E-state index contributed by atoms with van der Waals surface area (Å²) in [6.07, 6.45) is 4.86. The molecule has 7 aromatic rings. The van der Waals surface area contributed by atoms with Crippen LogP contribution in [0.3, 0.4) is 0 Å². The molecule has 0 unspecified atom stereocenters. The smallest absolute Gasteiger partial charge is 0.138 e. The van der Waals surface area contributed by atoms with Gasteiger partial charge in [0.25, 0.3) is 0 Å². The van der Waals surface area contributed by atoms with Crippen molar-refractivity contribution in [1.29, 1.82) is 0 Å². The Bertz CT molecular complexity index is 2020. The van der Waals surface area contributed by atoms with Gasteiger partial charge in [-0.25, -0.2) is 0 Å². The predicted molar refractivity (Wildman–Crippen MR) is 177 cm³/mol. The minimum absolute atomic E-state index is 0. The molecule has 0 spiro atoms. The van der Waals surface area contributed by atoms with E-state index in [2.05, 4.69) is 88.1 Å². The number of hydrogen-bond acceptors (Lipinski definition) is 4. The third kappa shape index (κ3) is 6.65. The second kappa shape index (κ2) is 12.5. The van der Waals surface area contributed by atoms with Crippen molar-refractivity contribution in [3.63, 3.8) is 0 Å². The second-order valence-electron chi connectivity index (χ2n) is 12.1. The van der Waals surface area contributed by atoms with E-state index in [1.807, 2.05) is 55.7 Å². The molecular weight excluding hydrogens is 725 g/mol. The van der Waals surface area contributed by atoms with E-state index >= 15 is 0 Å². The fraction of sp³-hybridized carbons (Fsp3) is 0.211. The summed E-state index contributed by atoms with van der Waals surface area (Å²) in [5.41, 5.74) is 9.71. The van der Waals surface area contributed by atoms with Gasteiger partial charge in [-0.15, -0.1) is 65.4 Å². The number of fused-ring (bicyclic) bond motifs is 5. The molecule has 4 heterocycles. The Morgan fingerprint density at radius 2 is 1.58 bits per heavy atom. The molecule has 43 heavy (non-hydrogen) atoms. The zero-order valence-electron chi connectivity index (χ0n) is 25.3. The van der Waals surface area contributed by atoms with Crippen LogP contribution >= 0.6 is 11.3 Å². The first-order chi connectivity index (χ1) is 20.2. The minimum Gasteiger partial charge on any atom is -0.499 e. The number of aryl methyl sites for hydroxylation is 3. The van der Waals surface area contributed by atoms with E-state index in [4.69, 9.17) is 9.40 Å². The average Bonchev–Trinajstić information content (AvgIpc) is 3.54. The van der Waals surface area contributed by atoms with Crippen LogP contribution in [0.15, 0.2) is 89.6 Å². The summed E-state index contributed by atoms with van der Waals surface area (Å²) >= 11 is 1.79. The van der Waals surface area contributed by atoms with Crippen LogP contribution in [0.2, 0.25) is 0 Å². The Balaban J connectivity index is 0.000000221. The van der Waals surface area contributed by atoms with Gasteiger partial charge in [-0.3, -0.25) is 0 Å². The standard InChI is InChI=1S/C26H24NOS.C12H10N.Ir/c1-15-14-27-22(12-18(15)13-26(3,4)5)21-8-6-7-19-20-10-9-17-11-16(2)29-25(17)24(20)28-23(19)21;1-10-7-8-12(13-9-10)11-5-3-2-4-6-11;/h6-7,9-12,14H,13H2,1-5H3;2-5,7-9H,1H3;/q2*-1;. The molecule has 0 saturated carbocycles. The zero-order valence-corrected chi connectivity index (χ0v) is 28.5. The quantitative estimate of drug-likeness (QED) is 0.169. The van der Waals surface area contributed by atoms with Crippen molar-refractivity contribution in [2.75, 3.05) is 0 Å². The number of thiophene rings is 1. The van der Waals surface area contributed by atoms with Crippen molar-refractivity contribution < 1.29 is 24.5 Å². The Labute approximate surface area is 271 Å². The topological polar surface area (TPSA) is 38.9 Å². The summed E-state index contributed by atoms with van der Waals surface area (Å²) in [6, 6.07) is 31.4. The van der Waals surface area contributed by atoms with E-state index < -0.39 is 0 Å². The first-order valence-corrected chi connectivity index (χ1v) is 15.1. The maximum atomic E-state index is 6.47. The second-order valence-corrected chi connectivity index (χ2v) is 13.4. The van der Waals surface area contributed by atoms with Crippen molar-refractivity contribution in [3.05, 3.63) is 119 Å². The molecule has 3 nitrogen and oxygen atoms in total. The number of aromatic nitrogens is 2. The molecule has 0 atom stereocenters. The van der Waals surface area contributed by atoms with Crippen LogP contribution < -0.4 is 0 Å². The Morgan fingerprint density at radius 1 is 0.791 bits per heavy atom. The molecule has 3 aromatic carbocycles. The number of hydrogen-bond donors (Lipinski definition) is 0. The van der Waals surface area contributed by atoms with Gasteiger partial charge in [-0.1, -0.05) is 67.6 Å². The summed E-state index contributed by atoms with van der Waals surface area (Å²) in [7, 11) is 0. The van der Waals surface area contributed by atoms with Crippen molar-refractivity contribution in [2.24, 2.45) is 5.41 Å². The van der Waals surface area contributed by atoms with Crippen molar-refractivity contribution in [3.8, 4) is 22.5 Å². The van der Waals surface area contributed by atoms with Gasteiger partial charge in [0, 0.05) is 42.8 Å². The number of rotatable bonds is 3. The number of pyridine rings is 2.